The number of rotatable bonds is 11. The summed E-state index contributed by atoms with van der Waals surface area (Å²) in [6, 6.07) is 20.7. The molecule has 12 heteroatoms. The van der Waals surface area contributed by atoms with Gasteiger partial charge in [-0.15, -0.1) is 0 Å². The minimum atomic E-state index is -1.81. The number of unbranched alkanes of at least 4 members (excludes halogenated alkanes) is 2. The monoisotopic (exact) mass is 681 g/mol. The first-order valence-corrected chi connectivity index (χ1v) is 17.6. The zero-order valence-corrected chi connectivity index (χ0v) is 29.5. The first kappa shape index (κ1) is 34.5. The number of hydrogen-bond acceptors (Lipinski definition) is 10. The van der Waals surface area contributed by atoms with Gasteiger partial charge >= 0.3 is 5.97 Å². The Bertz CT molecular complexity index is 1870. The third-order valence-electron chi connectivity index (χ3n) is 8.89. The number of aliphatic imine (C=N–C) groups is 1. The first-order valence-electron chi connectivity index (χ1n) is 16.6. The maximum Gasteiger partial charge on any atom is 0.306 e. The number of carbonyl (C=O) groups is 1. The lowest BCUT2D eigenvalue weighted by molar-refractivity contribution is -0.169. The normalized spacial score (nSPS) is 21.9. The lowest BCUT2D eigenvalue weighted by atomic mass is 9.77. The molecule has 11 nitrogen and oxygen atoms in total. The molecular formula is C37H43N5O6Si. The van der Waals surface area contributed by atoms with E-state index in [2.05, 4.69) is 43.0 Å². The van der Waals surface area contributed by atoms with Crippen LogP contribution in [-0.2, 0) is 24.3 Å². The van der Waals surface area contributed by atoms with Crippen LogP contribution in [0.25, 0.3) is 10.8 Å². The van der Waals surface area contributed by atoms with Gasteiger partial charge in [0.2, 0.25) is 9.76 Å². The van der Waals surface area contributed by atoms with Crippen molar-refractivity contribution in [3.8, 4) is 0 Å². The van der Waals surface area contributed by atoms with Crippen LogP contribution in [0.2, 0.25) is 5.04 Å². The molecule has 0 bridgehead atoms. The molecule has 256 valence electrons. The molecule has 4 unspecified atom stereocenters. The lowest BCUT2D eigenvalue weighted by Crippen LogP contribution is -2.55. The molecule has 49 heavy (non-hydrogen) atoms. The number of carbonyl (C=O) groups excluding carboxylic acids is 1. The Balaban J connectivity index is 1.58. The van der Waals surface area contributed by atoms with Crippen molar-refractivity contribution >= 4 is 50.2 Å². The Kier molecular flexibility index (Phi) is 9.51. The van der Waals surface area contributed by atoms with Crippen LogP contribution >= 0.6 is 0 Å². The standard InChI is InChI=1S/C37H43N5O6Si/c1-6-7-10-19-28(44)46-30-31(37(48-49-35(2,3)4,23-15-11-8-12-16-23)24-17-13-9-14-18-24)47-34(36(30,5)45)42-21-25-26(38)20-27(43)41-32-29(25)33(42)40-22-39-32/h8-9,11-18,20-22,30-31,34,45H,6-7,10,19,38H2,1-5H3,(H,39,40,41,43). The SMILES string of the molecule is CCCCCC(=O)OC1C(C(O[Si]C(C)(C)C)(c2ccccc2)c2ccccc2)OC(n2cc3c(N)cc(=O)nc4c3c2N=CN4)C1(C)O. The average Bonchev–Trinajstić information content (AvgIpc) is 3.53. The van der Waals surface area contributed by atoms with Crippen molar-refractivity contribution in [2.75, 3.05) is 11.1 Å². The van der Waals surface area contributed by atoms with Gasteiger partial charge in [-0.25, -0.2) is 4.99 Å². The molecule has 6 rings (SSSR count). The summed E-state index contributed by atoms with van der Waals surface area (Å²) < 4.78 is 22.2. The maximum absolute atomic E-state index is 13.6. The Morgan fingerprint density at radius 1 is 1.10 bits per heavy atom. The van der Waals surface area contributed by atoms with E-state index >= 15 is 0 Å². The van der Waals surface area contributed by atoms with Crippen LogP contribution in [0.15, 0.2) is 82.7 Å². The molecule has 4 aromatic rings. The van der Waals surface area contributed by atoms with Crippen molar-refractivity contribution in [2.24, 2.45) is 4.99 Å². The van der Waals surface area contributed by atoms with Gasteiger partial charge < -0.3 is 34.6 Å². The molecule has 1 fully saturated rings. The Labute approximate surface area is 288 Å². The zero-order chi connectivity index (χ0) is 35.0. The van der Waals surface area contributed by atoms with Gasteiger partial charge in [0.05, 0.1) is 11.7 Å². The Morgan fingerprint density at radius 3 is 2.37 bits per heavy atom. The van der Waals surface area contributed by atoms with E-state index in [4.69, 9.17) is 19.6 Å². The van der Waals surface area contributed by atoms with Crippen LogP contribution in [0.1, 0.15) is 77.7 Å². The Hall–Kier alpha value is -4.36. The topological polar surface area (TPSA) is 150 Å². The van der Waals surface area contributed by atoms with Crippen LogP contribution < -0.4 is 16.6 Å². The molecule has 4 atom stereocenters. The molecule has 2 aromatic heterocycles. The van der Waals surface area contributed by atoms with Gasteiger partial charge in [0.25, 0.3) is 5.56 Å². The van der Waals surface area contributed by atoms with Crippen molar-refractivity contribution in [1.29, 1.82) is 0 Å². The lowest BCUT2D eigenvalue weighted by Gasteiger charge is -2.43. The van der Waals surface area contributed by atoms with Crippen molar-refractivity contribution in [2.45, 2.75) is 95.0 Å². The largest absolute Gasteiger partial charge is 0.456 e. The summed E-state index contributed by atoms with van der Waals surface area (Å²) in [5, 5.41) is 16.4. The summed E-state index contributed by atoms with van der Waals surface area (Å²) in [7, 11) is -0.00811. The molecule has 4 N–H and O–H groups in total. The fourth-order valence-corrected chi connectivity index (χ4v) is 7.39. The van der Waals surface area contributed by atoms with Gasteiger partial charge in [-0.05, 0) is 29.5 Å². The van der Waals surface area contributed by atoms with Gasteiger partial charge in [0, 0.05) is 29.8 Å². The first-order chi connectivity index (χ1) is 23.4. The highest BCUT2D eigenvalue weighted by Gasteiger charge is 2.64. The predicted octanol–water partition coefficient (Wildman–Crippen LogP) is 6.00. The summed E-state index contributed by atoms with van der Waals surface area (Å²) in [5.41, 5.74) is 4.50. The number of nitrogens with zero attached hydrogens (tertiary/aromatic N) is 3. The van der Waals surface area contributed by atoms with Crippen molar-refractivity contribution in [3.63, 3.8) is 0 Å². The van der Waals surface area contributed by atoms with E-state index in [9.17, 15) is 14.7 Å². The van der Waals surface area contributed by atoms with E-state index in [-0.39, 0.29) is 32.7 Å². The molecule has 4 heterocycles. The molecule has 0 amide bonds. The molecule has 2 aliphatic rings. The average molecular weight is 682 g/mol. The number of nitrogen functional groups attached to an aromatic ring is 1. The number of ether oxygens (including phenoxy) is 2. The second-order valence-corrected chi connectivity index (χ2v) is 15.8. The number of hydrogen-bond donors (Lipinski definition) is 3. The van der Waals surface area contributed by atoms with E-state index in [1.807, 2.05) is 60.7 Å². The van der Waals surface area contributed by atoms with Gasteiger partial charge in [-0.3, -0.25) is 9.59 Å². The van der Waals surface area contributed by atoms with Crippen LogP contribution in [0.5, 0.6) is 0 Å². The van der Waals surface area contributed by atoms with Gasteiger partial charge in [-0.2, -0.15) is 4.98 Å². The minimum Gasteiger partial charge on any atom is -0.456 e. The molecule has 0 aliphatic carbocycles. The van der Waals surface area contributed by atoms with Crippen LogP contribution in [0.3, 0.4) is 0 Å². The van der Waals surface area contributed by atoms with Gasteiger partial charge in [0.15, 0.2) is 12.3 Å². The van der Waals surface area contributed by atoms with Crippen LogP contribution in [-0.4, -0.2) is 54.5 Å². The van der Waals surface area contributed by atoms with E-state index < -0.39 is 41.2 Å². The van der Waals surface area contributed by atoms with Crippen molar-refractivity contribution < 1.29 is 23.8 Å². The van der Waals surface area contributed by atoms with E-state index in [0.717, 1.165) is 24.0 Å². The summed E-state index contributed by atoms with van der Waals surface area (Å²) in [5.74, 6) is 0.222. The van der Waals surface area contributed by atoms with Crippen molar-refractivity contribution in [3.05, 3.63) is 94.4 Å². The highest BCUT2D eigenvalue weighted by Crippen LogP contribution is 2.53. The third kappa shape index (κ3) is 6.53. The molecular weight excluding hydrogens is 639 g/mol. The molecule has 2 aromatic carbocycles. The summed E-state index contributed by atoms with van der Waals surface area (Å²) in [6.45, 7) is 9.96. The summed E-state index contributed by atoms with van der Waals surface area (Å²) >= 11 is 0. The molecule has 0 saturated carbocycles. The quantitative estimate of drug-likeness (QED) is 0.0984. The molecule has 1 saturated heterocycles. The molecule has 0 spiro atoms. The number of esters is 1. The smallest absolute Gasteiger partial charge is 0.306 e. The minimum absolute atomic E-state index is 0.00811. The van der Waals surface area contributed by atoms with Gasteiger partial charge in [0.1, 0.15) is 28.9 Å². The predicted molar refractivity (Wildman–Crippen MR) is 191 cm³/mol. The molecule has 2 aliphatic heterocycles. The van der Waals surface area contributed by atoms with E-state index in [1.54, 1.807) is 17.7 Å². The Morgan fingerprint density at radius 2 is 1.76 bits per heavy atom. The number of anilines is 2. The number of nitrogens with one attached hydrogen (secondary N) is 1. The summed E-state index contributed by atoms with van der Waals surface area (Å²) in [4.78, 5) is 34.8. The maximum atomic E-state index is 13.6. The summed E-state index contributed by atoms with van der Waals surface area (Å²) in [6.07, 6.45) is 2.42. The number of aromatic nitrogens is 2. The number of benzene rings is 2. The highest BCUT2D eigenvalue weighted by molar-refractivity contribution is 6.32. The third-order valence-corrected chi connectivity index (χ3v) is 9.93. The van der Waals surface area contributed by atoms with Gasteiger partial charge in [-0.1, -0.05) is 101 Å². The van der Waals surface area contributed by atoms with E-state index in [1.165, 1.54) is 12.4 Å². The molecule has 2 radical (unpaired) electrons. The zero-order valence-electron chi connectivity index (χ0n) is 28.5. The number of aliphatic hydroxyl groups is 1. The fraction of sp³-hybridized carbons (Fsp3) is 0.405. The second kappa shape index (κ2) is 13.5. The van der Waals surface area contributed by atoms with Crippen LogP contribution in [0, 0.1) is 0 Å². The van der Waals surface area contributed by atoms with Crippen LogP contribution in [0.4, 0.5) is 17.3 Å². The fourth-order valence-electron chi connectivity index (χ4n) is 6.57. The highest BCUT2D eigenvalue weighted by atomic mass is 28.2. The van der Waals surface area contributed by atoms with E-state index in [0.29, 0.717) is 23.0 Å². The van der Waals surface area contributed by atoms with Crippen molar-refractivity contribution in [1.82, 2.24) is 9.55 Å². The number of nitrogens with two attached hydrogens (primary N) is 1. The second-order valence-electron chi connectivity index (χ2n) is 13.9.